The third-order valence-corrected chi connectivity index (χ3v) is 2.03. The lowest BCUT2D eigenvalue weighted by Gasteiger charge is -2.19. The molecule has 0 aliphatic heterocycles. The molecule has 100 valence electrons. The molecule has 0 spiro atoms. The number of carbonyl (C=O) groups is 1. The van der Waals surface area contributed by atoms with Gasteiger partial charge in [-0.15, -0.1) is 0 Å². The molecular weight excluding hydrogens is 232 g/mol. The summed E-state index contributed by atoms with van der Waals surface area (Å²) in [4.78, 5) is 11.4. The van der Waals surface area contributed by atoms with Gasteiger partial charge in [0.1, 0.15) is 17.1 Å². The van der Waals surface area contributed by atoms with Gasteiger partial charge in [0.15, 0.2) is 0 Å². The minimum absolute atomic E-state index is 0.166. The van der Waals surface area contributed by atoms with Gasteiger partial charge in [-0.25, -0.2) is 0 Å². The first-order valence-corrected chi connectivity index (χ1v) is 6.00. The lowest BCUT2D eigenvalue weighted by molar-refractivity contribution is -0.155. The van der Waals surface area contributed by atoms with Crippen LogP contribution in [0.5, 0.6) is 11.5 Å². The van der Waals surface area contributed by atoms with Crippen LogP contribution in [-0.2, 0) is 9.53 Å². The van der Waals surface area contributed by atoms with Crippen molar-refractivity contribution in [1.29, 1.82) is 0 Å². The summed E-state index contributed by atoms with van der Waals surface area (Å²) in [6.07, 6.45) is 0.917. The number of carbonyl (C=O) groups excluding carboxylic acids is 1. The quantitative estimate of drug-likeness (QED) is 0.646. The lowest BCUT2D eigenvalue weighted by Crippen LogP contribution is -2.23. The minimum atomic E-state index is -0.441. The van der Waals surface area contributed by atoms with Gasteiger partial charge >= 0.3 is 5.97 Å². The molecule has 0 heterocycles. The summed E-state index contributed by atoms with van der Waals surface area (Å²) in [6, 6.07) is 6.58. The number of esters is 1. The Morgan fingerprint density at radius 3 is 2.67 bits per heavy atom. The summed E-state index contributed by atoms with van der Waals surface area (Å²) < 4.78 is 10.6. The minimum Gasteiger partial charge on any atom is -0.508 e. The van der Waals surface area contributed by atoms with Gasteiger partial charge in [0.25, 0.3) is 0 Å². The molecule has 18 heavy (non-hydrogen) atoms. The smallest absolute Gasteiger partial charge is 0.306 e. The van der Waals surface area contributed by atoms with E-state index < -0.39 is 5.60 Å². The molecule has 0 fully saturated rings. The molecule has 4 heteroatoms. The number of phenols is 1. The third kappa shape index (κ3) is 6.13. The van der Waals surface area contributed by atoms with E-state index in [4.69, 9.17) is 9.47 Å². The first-order valence-electron chi connectivity index (χ1n) is 6.00. The molecule has 1 N–H and O–H groups in total. The predicted molar refractivity (Wildman–Crippen MR) is 68.7 cm³/mol. The number of aromatic hydroxyl groups is 1. The molecule has 0 aliphatic carbocycles. The summed E-state index contributed by atoms with van der Waals surface area (Å²) in [5, 5.41) is 9.23. The van der Waals surface area contributed by atoms with Crippen molar-refractivity contribution in [3.63, 3.8) is 0 Å². The van der Waals surface area contributed by atoms with E-state index in [9.17, 15) is 9.90 Å². The molecule has 0 amide bonds. The fraction of sp³-hybridized carbons (Fsp3) is 0.500. The van der Waals surface area contributed by atoms with Crippen molar-refractivity contribution in [1.82, 2.24) is 0 Å². The van der Waals surface area contributed by atoms with Crippen molar-refractivity contribution in [3.8, 4) is 11.5 Å². The van der Waals surface area contributed by atoms with Gasteiger partial charge in [-0.1, -0.05) is 6.07 Å². The maximum Gasteiger partial charge on any atom is 0.306 e. The average Bonchev–Trinajstić information content (AvgIpc) is 2.22. The highest BCUT2D eigenvalue weighted by Gasteiger charge is 2.15. The molecule has 0 aliphatic rings. The summed E-state index contributed by atoms with van der Waals surface area (Å²) in [5.41, 5.74) is -0.441. The molecule has 0 saturated carbocycles. The van der Waals surface area contributed by atoms with Gasteiger partial charge in [0.2, 0.25) is 0 Å². The summed E-state index contributed by atoms with van der Waals surface area (Å²) in [5.74, 6) is 0.542. The highest BCUT2D eigenvalue weighted by molar-refractivity contribution is 5.69. The summed E-state index contributed by atoms with van der Waals surface area (Å²) in [6.45, 7) is 5.94. The van der Waals surface area contributed by atoms with E-state index in [1.165, 1.54) is 6.07 Å². The molecule has 0 unspecified atom stereocenters. The van der Waals surface area contributed by atoms with Crippen LogP contribution in [0.1, 0.15) is 33.6 Å². The summed E-state index contributed by atoms with van der Waals surface area (Å²) in [7, 11) is 0. The molecule has 0 aromatic heterocycles. The lowest BCUT2D eigenvalue weighted by atomic mass is 10.2. The van der Waals surface area contributed by atoms with Crippen molar-refractivity contribution < 1.29 is 19.4 Å². The van der Waals surface area contributed by atoms with E-state index in [0.29, 0.717) is 25.2 Å². The van der Waals surface area contributed by atoms with E-state index in [0.717, 1.165) is 0 Å². The Morgan fingerprint density at radius 2 is 2.06 bits per heavy atom. The van der Waals surface area contributed by atoms with Gasteiger partial charge < -0.3 is 14.6 Å². The zero-order valence-electron chi connectivity index (χ0n) is 11.1. The first-order chi connectivity index (χ1) is 8.37. The molecule has 1 rings (SSSR count). The van der Waals surface area contributed by atoms with Gasteiger partial charge in [0, 0.05) is 12.5 Å². The SMILES string of the molecule is CC(C)(C)OC(=O)CCCOc1cccc(O)c1. The summed E-state index contributed by atoms with van der Waals surface area (Å²) >= 11 is 0. The monoisotopic (exact) mass is 252 g/mol. The Labute approximate surface area is 108 Å². The van der Waals surface area contributed by atoms with Crippen LogP contribution in [0.3, 0.4) is 0 Å². The van der Waals surface area contributed by atoms with E-state index >= 15 is 0 Å². The Bertz CT molecular complexity index is 393. The molecule has 1 aromatic carbocycles. The Hall–Kier alpha value is -1.71. The normalized spacial score (nSPS) is 11.1. The number of benzene rings is 1. The van der Waals surface area contributed by atoms with Crippen LogP contribution in [0.25, 0.3) is 0 Å². The van der Waals surface area contributed by atoms with Gasteiger partial charge in [-0.3, -0.25) is 4.79 Å². The Kier molecular flexibility index (Phi) is 5.01. The number of phenolic OH excluding ortho intramolecular Hbond substituents is 1. The van der Waals surface area contributed by atoms with E-state index in [1.54, 1.807) is 18.2 Å². The molecule has 0 saturated heterocycles. The Morgan fingerprint density at radius 1 is 1.33 bits per heavy atom. The number of hydrogen-bond acceptors (Lipinski definition) is 4. The number of ether oxygens (including phenoxy) is 2. The molecule has 4 nitrogen and oxygen atoms in total. The van der Waals surface area contributed by atoms with Crippen LogP contribution < -0.4 is 4.74 Å². The molecule has 1 aromatic rings. The molecule has 0 radical (unpaired) electrons. The number of rotatable bonds is 5. The van der Waals surface area contributed by atoms with Crippen LogP contribution in [-0.4, -0.2) is 23.3 Å². The van der Waals surface area contributed by atoms with Gasteiger partial charge in [0.05, 0.1) is 6.61 Å². The maximum atomic E-state index is 11.4. The van der Waals surface area contributed by atoms with Gasteiger partial charge in [-0.05, 0) is 39.3 Å². The Balaban J connectivity index is 2.21. The number of hydrogen-bond donors (Lipinski definition) is 1. The predicted octanol–water partition coefficient (Wildman–Crippen LogP) is 2.89. The first kappa shape index (κ1) is 14.4. The second-order valence-corrected chi connectivity index (χ2v) is 5.04. The highest BCUT2D eigenvalue weighted by Crippen LogP contribution is 2.18. The molecular formula is C14H20O4. The van der Waals surface area contributed by atoms with E-state index in [2.05, 4.69) is 0 Å². The van der Waals surface area contributed by atoms with Crippen LogP contribution in [0.15, 0.2) is 24.3 Å². The van der Waals surface area contributed by atoms with Crippen molar-refractivity contribution in [2.24, 2.45) is 0 Å². The molecule has 0 atom stereocenters. The standard InChI is InChI=1S/C14H20O4/c1-14(2,3)18-13(16)8-5-9-17-12-7-4-6-11(15)10-12/h4,6-7,10,15H,5,8-9H2,1-3H3. The van der Waals surface area contributed by atoms with Crippen molar-refractivity contribution >= 4 is 5.97 Å². The van der Waals surface area contributed by atoms with E-state index in [-0.39, 0.29) is 11.7 Å². The zero-order chi connectivity index (χ0) is 13.6. The van der Waals surface area contributed by atoms with E-state index in [1.807, 2.05) is 20.8 Å². The largest absolute Gasteiger partial charge is 0.508 e. The average molecular weight is 252 g/mol. The van der Waals surface area contributed by atoms with Crippen LogP contribution >= 0.6 is 0 Å². The fourth-order valence-electron chi connectivity index (χ4n) is 1.37. The van der Waals surface area contributed by atoms with Crippen molar-refractivity contribution in [2.45, 2.75) is 39.2 Å². The highest BCUT2D eigenvalue weighted by atomic mass is 16.6. The zero-order valence-corrected chi connectivity index (χ0v) is 11.1. The van der Waals surface area contributed by atoms with Crippen molar-refractivity contribution in [3.05, 3.63) is 24.3 Å². The third-order valence-electron chi connectivity index (χ3n) is 2.03. The second kappa shape index (κ2) is 6.28. The van der Waals surface area contributed by atoms with Crippen LogP contribution in [0.4, 0.5) is 0 Å². The second-order valence-electron chi connectivity index (χ2n) is 5.04. The fourth-order valence-corrected chi connectivity index (χ4v) is 1.37. The molecule has 0 bridgehead atoms. The van der Waals surface area contributed by atoms with Crippen LogP contribution in [0, 0.1) is 0 Å². The van der Waals surface area contributed by atoms with Crippen molar-refractivity contribution in [2.75, 3.05) is 6.61 Å². The topological polar surface area (TPSA) is 55.8 Å². The maximum absolute atomic E-state index is 11.4. The van der Waals surface area contributed by atoms with Gasteiger partial charge in [-0.2, -0.15) is 0 Å². The van der Waals surface area contributed by atoms with Crippen LogP contribution in [0.2, 0.25) is 0 Å².